The van der Waals surface area contributed by atoms with E-state index in [4.69, 9.17) is 16.3 Å². The largest absolute Gasteiger partial charge is 0.492 e. The number of fused-ring (bicyclic) bond motifs is 1. The molecule has 0 unspecified atom stereocenters. The average molecular weight is 329 g/mol. The van der Waals surface area contributed by atoms with Crippen LogP contribution in [0.5, 0.6) is 5.75 Å². The second kappa shape index (κ2) is 6.42. The third-order valence-electron chi connectivity index (χ3n) is 3.74. The highest BCUT2D eigenvalue weighted by Crippen LogP contribution is 2.25. The van der Waals surface area contributed by atoms with Gasteiger partial charge in [0.15, 0.2) is 0 Å². The van der Waals surface area contributed by atoms with Crippen LogP contribution in [0.1, 0.15) is 11.1 Å². The Hall–Kier alpha value is -2.33. The fourth-order valence-electron chi connectivity index (χ4n) is 2.52. The van der Waals surface area contributed by atoms with E-state index in [2.05, 4.69) is 4.98 Å². The molecule has 118 valence electrons. The topological polar surface area (TPSA) is 44.1 Å². The molecule has 23 heavy (non-hydrogen) atoms. The van der Waals surface area contributed by atoms with E-state index in [1.54, 1.807) is 17.0 Å². The third kappa shape index (κ3) is 3.22. The van der Waals surface area contributed by atoms with Gasteiger partial charge in [0, 0.05) is 5.02 Å². The lowest BCUT2D eigenvalue weighted by atomic mass is 10.1. The van der Waals surface area contributed by atoms with Crippen molar-refractivity contribution in [2.24, 2.45) is 0 Å². The van der Waals surface area contributed by atoms with Crippen LogP contribution in [0.25, 0.3) is 10.9 Å². The number of rotatable bonds is 4. The van der Waals surface area contributed by atoms with E-state index >= 15 is 0 Å². The van der Waals surface area contributed by atoms with Gasteiger partial charge >= 0.3 is 0 Å². The van der Waals surface area contributed by atoms with E-state index in [0.717, 1.165) is 21.9 Å². The Balaban J connectivity index is 1.74. The summed E-state index contributed by atoms with van der Waals surface area (Å²) < 4.78 is 7.31. The van der Waals surface area contributed by atoms with E-state index in [0.29, 0.717) is 24.1 Å². The van der Waals surface area contributed by atoms with E-state index in [-0.39, 0.29) is 5.56 Å². The lowest BCUT2D eigenvalue weighted by Gasteiger charge is -2.11. The zero-order valence-corrected chi connectivity index (χ0v) is 13.8. The number of hydrogen-bond donors (Lipinski definition) is 0. The van der Waals surface area contributed by atoms with E-state index in [1.165, 1.54) is 0 Å². The number of hydrogen-bond acceptors (Lipinski definition) is 3. The zero-order chi connectivity index (χ0) is 16.4. The van der Waals surface area contributed by atoms with Crippen molar-refractivity contribution in [1.82, 2.24) is 9.55 Å². The first-order valence-corrected chi connectivity index (χ1v) is 7.78. The van der Waals surface area contributed by atoms with Gasteiger partial charge < -0.3 is 4.74 Å². The Labute approximate surface area is 139 Å². The fraction of sp³-hybridized carbons (Fsp3) is 0.222. The van der Waals surface area contributed by atoms with Gasteiger partial charge in [0.2, 0.25) is 0 Å². The number of aromatic nitrogens is 2. The molecule has 0 saturated carbocycles. The van der Waals surface area contributed by atoms with Crippen LogP contribution in [0.15, 0.2) is 47.5 Å². The maximum atomic E-state index is 12.4. The van der Waals surface area contributed by atoms with Crippen molar-refractivity contribution < 1.29 is 4.74 Å². The molecule has 4 nitrogen and oxygen atoms in total. The van der Waals surface area contributed by atoms with Gasteiger partial charge in [-0.2, -0.15) is 0 Å². The summed E-state index contributed by atoms with van der Waals surface area (Å²) in [6.45, 7) is 4.72. The molecule has 3 rings (SSSR count). The molecule has 1 aromatic heterocycles. The van der Waals surface area contributed by atoms with Gasteiger partial charge in [-0.25, -0.2) is 4.98 Å². The van der Waals surface area contributed by atoms with Crippen molar-refractivity contribution in [2.45, 2.75) is 20.4 Å². The number of para-hydroxylation sites is 1. The summed E-state index contributed by atoms with van der Waals surface area (Å²) in [5, 5.41) is 1.38. The number of benzene rings is 2. The number of ether oxygens (including phenoxy) is 1. The van der Waals surface area contributed by atoms with Gasteiger partial charge in [-0.15, -0.1) is 0 Å². The maximum Gasteiger partial charge on any atom is 0.261 e. The van der Waals surface area contributed by atoms with Crippen molar-refractivity contribution in [1.29, 1.82) is 0 Å². The molecule has 0 spiro atoms. The SMILES string of the molecule is Cc1cc(OCCn2cnc3ccccc3c2=O)cc(C)c1Cl. The van der Waals surface area contributed by atoms with Crippen molar-refractivity contribution in [3.63, 3.8) is 0 Å². The number of aryl methyl sites for hydroxylation is 2. The van der Waals surface area contributed by atoms with Gasteiger partial charge in [0.05, 0.1) is 23.8 Å². The summed E-state index contributed by atoms with van der Waals surface area (Å²) in [5.41, 5.74) is 2.61. The predicted octanol–water partition coefficient (Wildman–Crippen LogP) is 3.75. The lowest BCUT2D eigenvalue weighted by Crippen LogP contribution is -2.23. The van der Waals surface area contributed by atoms with Crippen molar-refractivity contribution in [2.75, 3.05) is 6.61 Å². The van der Waals surface area contributed by atoms with Crippen molar-refractivity contribution in [3.05, 3.63) is 69.2 Å². The molecule has 0 atom stereocenters. The molecule has 0 N–H and O–H groups in total. The van der Waals surface area contributed by atoms with E-state index in [9.17, 15) is 4.79 Å². The molecule has 0 aliphatic heterocycles. The molecule has 0 aliphatic rings. The quantitative estimate of drug-likeness (QED) is 0.732. The summed E-state index contributed by atoms with van der Waals surface area (Å²) in [4.78, 5) is 16.7. The Kier molecular flexibility index (Phi) is 4.35. The van der Waals surface area contributed by atoms with Gasteiger partial charge in [0.25, 0.3) is 5.56 Å². The molecule has 0 radical (unpaired) electrons. The number of halogens is 1. The number of nitrogens with zero attached hydrogens (tertiary/aromatic N) is 2. The lowest BCUT2D eigenvalue weighted by molar-refractivity contribution is 0.295. The summed E-state index contributed by atoms with van der Waals surface area (Å²) >= 11 is 6.15. The normalized spacial score (nSPS) is 10.9. The summed E-state index contributed by atoms with van der Waals surface area (Å²) in [6, 6.07) is 11.1. The molecule has 5 heteroatoms. The monoisotopic (exact) mass is 328 g/mol. The first kappa shape index (κ1) is 15.6. The standard InChI is InChI=1S/C18H17ClN2O2/c1-12-9-14(10-13(2)17(12)19)23-8-7-21-11-20-16-6-4-3-5-15(16)18(21)22/h3-6,9-11H,7-8H2,1-2H3. The van der Waals surface area contributed by atoms with Crippen LogP contribution in [0.3, 0.4) is 0 Å². The van der Waals surface area contributed by atoms with Crippen LogP contribution in [0.2, 0.25) is 5.02 Å². The molecule has 0 fully saturated rings. The highest BCUT2D eigenvalue weighted by atomic mass is 35.5. The van der Waals surface area contributed by atoms with Gasteiger partial charge in [0.1, 0.15) is 12.4 Å². The molecular weight excluding hydrogens is 312 g/mol. The Morgan fingerprint density at radius 1 is 1.17 bits per heavy atom. The molecular formula is C18H17ClN2O2. The highest BCUT2D eigenvalue weighted by Gasteiger charge is 2.05. The summed E-state index contributed by atoms with van der Waals surface area (Å²) in [5.74, 6) is 0.756. The minimum Gasteiger partial charge on any atom is -0.492 e. The first-order chi connectivity index (χ1) is 11.1. The van der Waals surface area contributed by atoms with E-state index in [1.807, 2.05) is 44.2 Å². The van der Waals surface area contributed by atoms with Crippen LogP contribution in [-0.4, -0.2) is 16.2 Å². The predicted molar refractivity (Wildman–Crippen MR) is 92.4 cm³/mol. The summed E-state index contributed by atoms with van der Waals surface area (Å²) in [7, 11) is 0. The minimum atomic E-state index is -0.0531. The average Bonchev–Trinajstić information content (AvgIpc) is 2.55. The molecule has 2 aromatic carbocycles. The van der Waals surface area contributed by atoms with Crippen LogP contribution in [0, 0.1) is 13.8 Å². The van der Waals surface area contributed by atoms with Crippen LogP contribution in [-0.2, 0) is 6.54 Å². The van der Waals surface area contributed by atoms with E-state index < -0.39 is 0 Å². The van der Waals surface area contributed by atoms with Gasteiger partial charge in [-0.1, -0.05) is 23.7 Å². The van der Waals surface area contributed by atoms with Crippen LogP contribution < -0.4 is 10.3 Å². The minimum absolute atomic E-state index is 0.0531. The molecule has 0 saturated heterocycles. The smallest absolute Gasteiger partial charge is 0.261 e. The van der Waals surface area contributed by atoms with Gasteiger partial charge in [-0.05, 0) is 49.2 Å². The second-order valence-electron chi connectivity index (χ2n) is 5.48. The highest BCUT2D eigenvalue weighted by molar-refractivity contribution is 6.32. The Bertz CT molecular complexity index is 895. The van der Waals surface area contributed by atoms with Crippen molar-refractivity contribution >= 4 is 22.5 Å². The molecule has 1 heterocycles. The fourth-order valence-corrected chi connectivity index (χ4v) is 2.63. The molecule has 0 amide bonds. The Morgan fingerprint density at radius 2 is 1.87 bits per heavy atom. The zero-order valence-electron chi connectivity index (χ0n) is 13.0. The van der Waals surface area contributed by atoms with Crippen LogP contribution in [0.4, 0.5) is 0 Å². The maximum absolute atomic E-state index is 12.4. The molecule has 3 aromatic rings. The van der Waals surface area contributed by atoms with Crippen molar-refractivity contribution in [3.8, 4) is 5.75 Å². The van der Waals surface area contributed by atoms with Gasteiger partial charge in [-0.3, -0.25) is 9.36 Å². The Morgan fingerprint density at radius 3 is 2.61 bits per heavy atom. The van der Waals surface area contributed by atoms with Crippen LogP contribution >= 0.6 is 11.6 Å². The molecule has 0 bridgehead atoms. The molecule has 0 aliphatic carbocycles. The first-order valence-electron chi connectivity index (χ1n) is 7.40. The third-order valence-corrected chi connectivity index (χ3v) is 4.34. The summed E-state index contributed by atoms with van der Waals surface area (Å²) in [6.07, 6.45) is 1.56. The second-order valence-corrected chi connectivity index (χ2v) is 5.86.